The fourth-order valence-electron chi connectivity index (χ4n) is 4.38. The van der Waals surface area contributed by atoms with E-state index in [-0.39, 0.29) is 17.0 Å². The molecular formula is C30H28N2O4. The molecule has 1 heterocycles. The van der Waals surface area contributed by atoms with Gasteiger partial charge in [0.25, 0.3) is 0 Å². The molecule has 182 valence electrons. The number of aryl methyl sites for hydroxylation is 1. The summed E-state index contributed by atoms with van der Waals surface area (Å²) < 4.78 is 6.44. The molecular weight excluding hydrogens is 452 g/mol. The zero-order chi connectivity index (χ0) is 26.2. The van der Waals surface area contributed by atoms with Gasteiger partial charge in [0.2, 0.25) is 0 Å². The molecule has 0 aliphatic rings. The SMILES string of the molecule is Cc1cc([C@@H](C)Nc2ccccc2C(=O)O)c2oc(-c3cccc(C(C)(C)C#N)c3)c(C)c(=O)c2c1. The first-order valence-corrected chi connectivity index (χ1v) is 11.7. The van der Waals surface area contributed by atoms with E-state index in [9.17, 15) is 20.0 Å². The molecule has 0 saturated carbocycles. The monoisotopic (exact) mass is 480 g/mol. The van der Waals surface area contributed by atoms with Crippen LogP contribution in [0.15, 0.2) is 69.9 Å². The van der Waals surface area contributed by atoms with Crippen LogP contribution in [-0.2, 0) is 5.41 Å². The molecule has 0 saturated heterocycles. The number of benzene rings is 3. The van der Waals surface area contributed by atoms with Crippen LogP contribution in [0.3, 0.4) is 0 Å². The van der Waals surface area contributed by atoms with Gasteiger partial charge in [0.1, 0.15) is 11.3 Å². The van der Waals surface area contributed by atoms with E-state index in [0.29, 0.717) is 28.0 Å². The second kappa shape index (κ2) is 9.35. The highest BCUT2D eigenvalue weighted by atomic mass is 16.4. The van der Waals surface area contributed by atoms with Crippen LogP contribution in [0.2, 0.25) is 0 Å². The molecule has 0 spiro atoms. The molecule has 1 atom stereocenters. The van der Waals surface area contributed by atoms with E-state index in [1.54, 1.807) is 31.2 Å². The van der Waals surface area contributed by atoms with Gasteiger partial charge >= 0.3 is 5.97 Å². The van der Waals surface area contributed by atoms with E-state index < -0.39 is 11.4 Å². The van der Waals surface area contributed by atoms with Crippen molar-refractivity contribution in [2.75, 3.05) is 5.32 Å². The normalized spacial score (nSPS) is 12.2. The number of anilines is 1. The quantitative estimate of drug-likeness (QED) is 0.316. The molecule has 6 heteroatoms. The lowest BCUT2D eigenvalue weighted by molar-refractivity contribution is 0.0698. The van der Waals surface area contributed by atoms with Crippen molar-refractivity contribution in [1.82, 2.24) is 0 Å². The molecule has 0 aliphatic carbocycles. The maximum Gasteiger partial charge on any atom is 0.337 e. The van der Waals surface area contributed by atoms with Gasteiger partial charge in [0.15, 0.2) is 5.43 Å². The summed E-state index contributed by atoms with van der Waals surface area (Å²) in [6.07, 6.45) is 0. The third kappa shape index (κ3) is 4.48. The van der Waals surface area contributed by atoms with Crippen molar-refractivity contribution in [3.05, 3.63) is 98.7 Å². The largest absolute Gasteiger partial charge is 0.478 e. The van der Waals surface area contributed by atoms with Gasteiger partial charge in [-0.15, -0.1) is 0 Å². The van der Waals surface area contributed by atoms with Crippen molar-refractivity contribution >= 4 is 22.6 Å². The highest BCUT2D eigenvalue weighted by Crippen LogP contribution is 2.34. The first-order chi connectivity index (χ1) is 17.0. The maximum atomic E-state index is 13.5. The van der Waals surface area contributed by atoms with E-state index in [1.807, 2.05) is 64.1 Å². The number of rotatable bonds is 6. The lowest BCUT2D eigenvalue weighted by atomic mass is 9.85. The molecule has 36 heavy (non-hydrogen) atoms. The van der Waals surface area contributed by atoms with Crippen LogP contribution in [0.4, 0.5) is 5.69 Å². The summed E-state index contributed by atoms with van der Waals surface area (Å²) in [6, 6.07) is 19.9. The van der Waals surface area contributed by atoms with Gasteiger partial charge in [-0.2, -0.15) is 5.26 Å². The van der Waals surface area contributed by atoms with Gasteiger partial charge in [0, 0.05) is 22.4 Å². The molecule has 3 aromatic carbocycles. The molecule has 1 aromatic heterocycles. The maximum absolute atomic E-state index is 13.5. The Bertz CT molecular complexity index is 1590. The molecule has 6 nitrogen and oxygen atoms in total. The average molecular weight is 481 g/mol. The molecule has 0 fully saturated rings. The Morgan fingerprint density at radius 2 is 1.81 bits per heavy atom. The standard InChI is InChI=1S/C30H28N2O4/c1-17-13-23(19(3)32-25-12-7-6-11-22(25)29(34)35)28-24(14-17)26(33)18(2)27(36-28)20-9-8-10-21(15-20)30(4,5)16-31/h6-15,19,32H,1-5H3,(H,34,35)/t19-/m1/s1. The molecule has 0 unspecified atom stereocenters. The summed E-state index contributed by atoms with van der Waals surface area (Å²) in [5.74, 6) is -0.574. The Labute approximate surface area is 209 Å². The summed E-state index contributed by atoms with van der Waals surface area (Å²) in [5.41, 5.74) is 3.95. The van der Waals surface area contributed by atoms with Crippen LogP contribution in [0.25, 0.3) is 22.3 Å². The number of carbonyl (C=O) groups is 1. The number of para-hydroxylation sites is 1. The van der Waals surface area contributed by atoms with Crippen molar-refractivity contribution in [3.63, 3.8) is 0 Å². The predicted molar refractivity (Wildman–Crippen MR) is 141 cm³/mol. The van der Waals surface area contributed by atoms with E-state index >= 15 is 0 Å². The topological polar surface area (TPSA) is 103 Å². The molecule has 0 aliphatic heterocycles. The van der Waals surface area contributed by atoms with Crippen LogP contribution in [0.5, 0.6) is 0 Å². The zero-order valence-corrected chi connectivity index (χ0v) is 21.0. The highest BCUT2D eigenvalue weighted by Gasteiger charge is 2.23. The summed E-state index contributed by atoms with van der Waals surface area (Å²) in [5, 5.41) is 22.9. The van der Waals surface area contributed by atoms with Crippen LogP contribution in [-0.4, -0.2) is 11.1 Å². The van der Waals surface area contributed by atoms with Gasteiger partial charge in [-0.1, -0.05) is 36.4 Å². The van der Waals surface area contributed by atoms with Crippen LogP contribution in [0.1, 0.15) is 59.4 Å². The van der Waals surface area contributed by atoms with E-state index in [2.05, 4.69) is 11.4 Å². The molecule has 2 N–H and O–H groups in total. The minimum absolute atomic E-state index is 0.126. The van der Waals surface area contributed by atoms with Crippen LogP contribution >= 0.6 is 0 Å². The van der Waals surface area contributed by atoms with Gasteiger partial charge in [-0.05, 0) is 70.0 Å². The van der Waals surface area contributed by atoms with Crippen LogP contribution in [0, 0.1) is 25.2 Å². The average Bonchev–Trinajstić information content (AvgIpc) is 2.86. The number of carboxylic acids is 1. The second-order valence-corrected chi connectivity index (χ2v) is 9.65. The first kappa shape index (κ1) is 24.7. The van der Waals surface area contributed by atoms with Crippen molar-refractivity contribution in [2.45, 2.75) is 46.1 Å². The summed E-state index contributed by atoms with van der Waals surface area (Å²) in [4.78, 5) is 25.2. The predicted octanol–water partition coefficient (Wildman–Crippen LogP) is 6.75. The van der Waals surface area contributed by atoms with Gasteiger partial charge in [-0.25, -0.2) is 4.79 Å². The number of carboxylic acid groups (broad SMARTS) is 1. The molecule has 0 radical (unpaired) electrons. The number of fused-ring (bicyclic) bond motifs is 1. The lowest BCUT2D eigenvalue weighted by Gasteiger charge is -2.20. The number of hydrogen-bond acceptors (Lipinski definition) is 5. The van der Waals surface area contributed by atoms with Gasteiger partial charge in [0.05, 0.1) is 28.5 Å². The number of nitrogens with zero attached hydrogens (tertiary/aromatic N) is 1. The summed E-state index contributed by atoms with van der Waals surface area (Å²) in [7, 11) is 0. The zero-order valence-electron chi connectivity index (χ0n) is 21.0. The Hall–Kier alpha value is -4.37. The van der Waals surface area contributed by atoms with Crippen LogP contribution < -0.4 is 10.7 Å². The number of nitrogens with one attached hydrogen (secondary N) is 1. The van der Waals surface area contributed by atoms with E-state index in [0.717, 1.165) is 22.3 Å². The molecule has 4 rings (SSSR count). The van der Waals surface area contributed by atoms with Gasteiger partial charge in [-0.3, -0.25) is 4.79 Å². The fraction of sp³-hybridized carbons (Fsp3) is 0.233. The fourth-order valence-corrected chi connectivity index (χ4v) is 4.38. The third-order valence-electron chi connectivity index (χ3n) is 6.51. The minimum atomic E-state index is -1.02. The van der Waals surface area contributed by atoms with E-state index in [1.165, 1.54) is 0 Å². The first-order valence-electron chi connectivity index (χ1n) is 11.7. The molecule has 4 aromatic rings. The van der Waals surface area contributed by atoms with E-state index in [4.69, 9.17) is 4.42 Å². The van der Waals surface area contributed by atoms with Crippen molar-refractivity contribution in [3.8, 4) is 17.4 Å². The van der Waals surface area contributed by atoms with Crippen molar-refractivity contribution < 1.29 is 14.3 Å². The van der Waals surface area contributed by atoms with Gasteiger partial charge < -0.3 is 14.8 Å². The summed E-state index contributed by atoms with van der Waals surface area (Å²) >= 11 is 0. The summed E-state index contributed by atoms with van der Waals surface area (Å²) in [6.45, 7) is 9.26. The Morgan fingerprint density at radius 1 is 1.08 bits per heavy atom. The molecule has 0 bridgehead atoms. The Kier molecular flexibility index (Phi) is 6.43. The smallest absolute Gasteiger partial charge is 0.337 e. The van der Waals surface area contributed by atoms with Crippen molar-refractivity contribution in [1.29, 1.82) is 5.26 Å². The second-order valence-electron chi connectivity index (χ2n) is 9.65. The highest BCUT2D eigenvalue weighted by molar-refractivity contribution is 5.94. The lowest BCUT2D eigenvalue weighted by Crippen LogP contribution is -2.15. The van der Waals surface area contributed by atoms with Crippen molar-refractivity contribution in [2.24, 2.45) is 0 Å². The minimum Gasteiger partial charge on any atom is -0.478 e. The molecule has 0 amide bonds. The number of nitriles is 1. The number of aromatic carboxylic acids is 1. The Balaban J connectivity index is 1.90. The number of hydrogen-bond donors (Lipinski definition) is 2. The third-order valence-corrected chi connectivity index (χ3v) is 6.51. The Morgan fingerprint density at radius 3 is 2.50 bits per heavy atom.